The van der Waals surface area contributed by atoms with E-state index in [1.165, 1.54) is 6.42 Å². The van der Waals surface area contributed by atoms with Crippen LogP contribution in [0, 0.1) is 0 Å². The maximum atomic E-state index is 11.6. The smallest absolute Gasteiger partial charge is 0.326 e. The number of Topliss-reactive ketones (excluding diaryl/α,β-unsaturated/α-hetero) is 1. The molecule has 128 valence electrons. The quantitative estimate of drug-likeness (QED) is 0.243. The van der Waals surface area contributed by atoms with Crippen LogP contribution in [-0.4, -0.2) is 45.9 Å². The van der Waals surface area contributed by atoms with E-state index in [4.69, 9.17) is 10.2 Å². The van der Waals surface area contributed by atoms with Gasteiger partial charge in [0.1, 0.15) is 11.8 Å². The van der Waals surface area contributed by atoms with Crippen molar-refractivity contribution in [3.8, 4) is 0 Å². The van der Waals surface area contributed by atoms with Gasteiger partial charge in [0.2, 0.25) is 5.91 Å². The van der Waals surface area contributed by atoms with Gasteiger partial charge in [-0.1, -0.05) is 41.6 Å². The number of aliphatic carboxylic acids is 1. The zero-order valence-electron chi connectivity index (χ0n) is 12.9. The van der Waals surface area contributed by atoms with Gasteiger partial charge in [0.15, 0.2) is 0 Å². The molecule has 0 saturated heterocycles. The minimum absolute atomic E-state index is 0.0658. The van der Waals surface area contributed by atoms with Crippen molar-refractivity contribution >= 4 is 33.6 Å². The number of alkyl halides is 1. The fourth-order valence-electron chi connectivity index (χ4n) is 2.02. The molecule has 0 radical (unpaired) electrons. The van der Waals surface area contributed by atoms with Gasteiger partial charge in [-0.25, -0.2) is 4.79 Å². The minimum Gasteiger partial charge on any atom is -0.480 e. The molecule has 0 aromatic carbocycles. The lowest BCUT2D eigenvalue weighted by Crippen LogP contribution is -2.42. The second-order valence-corrected chi connectivity index (χ2v) is 6.04. The number of halogens is 1. The molecule has 0 spiro atoms. The molecule has 6 nitrogen and oxygen atoms in total. The molecule has 0 rings (SSSR count). The first kappa shape index (κ1) is 21.0. The molecule has 1 amide bonds. The number of amides is 1. The van der Waals surface area contributed by atoms with Gasteiger partial charge in [-0.3, -0.25) is 9.59 Å². The summed E-state index contributed by atoms with van der Waals surface area (Å²) in [6.07, 6.45) is 6.32. The normalized spacial score (nSPS) is 11.9. The van der Waals surface area contributed by atoms with E-state index in [-0.39, 0.29) is 25.2 Å². The summed E-state index contributed by atoms with van der Waals surface area (Å²) in [7, 11) is 0. The fraction of sp³-hybridized carbons (Fsp3) is 0.800. The van der Waals surface area contributed by atoms with Crippen LogP contribution in [0.25, 0.3) is 0 Å². The fourth-order valence-corrected chi connectivity index (χ4v) is 2.42. The topological polar surface area (TPSA) is 104 Å². The Morgan fingerprint density at radius 3 is 2.14 bits per heavy atom. The molecular weight excluding hydrogens is 354 g/mol. The molecule has 22 heavy (non-hydrogen) atoms. The van der Waals surface area contributed by atoms with Crippen LogP contribution in [0.15, 0.2) is 0 Å². The standard InChI is InChI=1S/C15H26BrNO5/c16-9-6-4-2-1-3-5-7-12(19)11-14(20)17-13(8-10-18)15(21)22/h13,18H,1-11H2,(H,17,20)(H,21,22)/t13-/m0/s1. The lowest BCUT2D eigenvalue weighted by Gasteiger charge is -2.12. The number of ketones is 1. The molecule has 0 aliphatic heterocycles. The molecule has 0 fully saturated rings. The first-order valence-corrected chi connectivity index (χ1v) is 8.84. The van der Waals surface area contributed by atoms with Crippen LogP contribution in [0.1, 0.15) is 57.8 Å². The van der Waals surface area contributed by atoms with Crippen LogP contribution in [0.2, 0.25) is 0 Å². The Morgan fingerprint density at radius 2 is 1.59 bits per heavy atom. The zero-order chi connectivity index (χ0) is 16.8. The number of carbonyl (C=O) groups excluding carboxylic acids is 2. The largest absolute Gasteiger partial charge is 0.480 e. The first-order chi connectivity index (χ1) is 10.5. The molecule has 0 aliphatic rings. The minimum atomic E-state index is -1.21. The lowest BCUT2D eigenvalue weighted by molar-refractivity contribution is -0.143. The number of rotatable bonds is 14. The Balaban J connectivity index is 3.77. The molecule has 0 aromatic rings. The van der Waals surface area contributed by atoms with Crippen LogP contribution in [-0.2, 0) is 14.4 Å². The van der Waals surface area contributed by atoms with Crippen molar-refractivity contribution in [3.63, 3.8) is 0 Å². The second-order valence-electron chi connectivity index (χ2n) is 5.25. The highest BCUT2D eigenvalue weighted by Crippen LogP contribution is 2.09. The lowest BCUT2D eigenvalue weighted by atomic mass is 10.1. The van der Waals surface area contributed by atoms with Crippen molar-refractivity contribution in [2.24, 2.45) is 0 Å². The zero-order valence-corrected chi connectivity index (χ0v) is 14.4. The van der Waals surface area contributed by atoms with Gasteiger partial charge in [-0.15, -0.1) is 0 Å². The number of hydrogen-bond donors (Lipinski definition) is 3. The molecule has 0 saturated carbocycles. The average molecular weight is 380 g/mol. The van der Waals surface area contributed by atoms with Gasteiger partial charge < -0.3 is 15.5 Å². The van der Waals surface area contributed by atoms with Crippen LogP contribution in [0.3, 0.4) is 0 Å². The Morgan fingerprint density at radius 1 is 1.00 bits per heavy atom. The van der Waals surface area contributed by atoms with Gasteiger partial charge in [0.25, 0.3) is 0 Å². The maximum absolute atomic E-state index is 11.6. The summed E-state index contributed by atoms with van der Waals surface area (Å²) in [4.78, 5) is 34.0. The Bertz CT molecular complexity index is 349. The van der Waals surface area contributed by atoms with E-state index >= 15 is 0 Å². The number of unbranched alkanes of at least 4 members (excludes halogenated alkanes) is 5. The molecule has 0 aromatic heterocycles. The number of nitrogens with one attached hydrogen (secondary N) is 1. The van der Waals surface area contributed by atoms with E-state index in [1.54, 1.807) is 0 Å². The molecule has 0 unspecified atom stereocenters. The Labute approximate surface area is 139 Å². The van der Waals surface area contributed by atoms with Crippen molar-refractivity contribution in [3.05, 3.63) is 0 Å². The van der Waals surface area contributed by atoms with Gasteiger partial charge in [0.05, 0.1) is 6.42 Å². The molecule has 1 atom stereocenters. The summed E-state index contributed by atoms with van der Waals surface area (Å²) >= 11 is 3.38. The number of carbonyl (C=O) groups is 3. The van der Waals surface area contributed by atoms with Gasteiger partial charge >= 0.3 is 5.97 Å². The summed E-state index contributed by atoms with van der Waals surface area (Å²) in [5.74, 6) is -1.98. The number of aliphatic hydroxyl groups excluding tert-OH is 1. The Hall–Kier alpha value is -0.950. The second kappa shape index (κ2) is 13.7. The molecular formula is C15H26BrNO5. The van der Waals surface area contributed by atoms with E-state index in [2.05, 4.69) is 21.2 Å². The van der Waals surface area contributed by atoms with E-state index in [9.17, 15) is 14.4 Å². The summed E-state index contributed by atoms with van der Waals surface area (Å²) < 4.78 is 0. The third-order valence-corrected chi connectivity index (χ3v) is 3.81. The summed E-state index contributed by atoms with van der Waals surface area (Å²) in [6, 6.07) is -1.14. The highest BCUT2D eigenvalue weighted by Gasteiger charge is 2.20. The molecule has 0 aliphatic carbocycles. The van der Waals surface area contributed by atoms with Crippen molar-refractivity contribution in [2.45, 2.75) is 63.8 Å². The first-order valence-electron chi connectivity index (χ1n) is 7.72. The molecule has 0 heterocycles. The van der Waals surface area contributed by atoms with Gasteiger partial charge in [0, 0.05) is 24.8 Å². The van der Waals surface area contributed by atoms with E-state index in [1.807, 2.05) is 0 Å². The maximum Gasteiger partial charge on any atom is 0.326 e. The van der Waals surface area contributed by atoms with E-state index in [0.717, 1.165) is 37.4 Å². The molecule has 7 heteroatoms. The predicted molar refractivity (Wildman–Crippen MR) is 87.0 cm³/mol. The SMILES string of the molecule is O=C(CCCCCCCCBr)CC(=O)N[C@@H](CCO)C(=O)O. The van der Waals surface area contributed by atoms with E-state index < -0.39 is 17.9 Å². The predicted octanol–water partition coefficient (Wildman–Crippen LogP) is 2.02. The highest BCUT2D eigenvalue weighted by atomic mass is 79.9. The van der Waals surface area contributed by atoms with Crippen LogP contribution < -0.4 is 5.32 Å². The van der Waals surface area contributed by atoms with Crippen LogP contribution in [0.5, 0.6) is 0 Å². The summed E-state index contributed by atoms with van der Waals surface area (Å²) in [6.45, 7) is -0.333. The number of carboxylic acids is 1. The van der Waals surface area contributed by atoms with E-state index in [0.29, 0.717) is 6.42 Å². The van der Waals surface area contributed by atoms with Crippen molar-refractivity contribution in [2.75, 3.05) is 11.9 Å². The average Bonchev–Trinajstić information content (AvgIpc) is 2.45. The number of hydrogen-bond acceptors (Lipinski definition) is 4. The number of aliphatic hydroxyl groups is 1. The number of carboxylic acid groups (broad SMARTS) is 1. The van der Waals surface area contributed by atoms with Crippen molar-refractivity contribution < 1.29 is 24.6 Å². The molecule has 3 N–H and O–H groups in total. The van der Waals surface area contributed by atoms with Crippen LogP contribution in [0.4, 0.5) is 0 Å². The van der Waals surface area contributed by atoms with Crippen LogP contribution >= 0.6 is 15.9 Å². The highest BCUT2D eigenvalue weighted by molar-refractivity contribution is 9.09. The Kier molecular flexibility index (Phi) is 13.1. The monoisotopic (exact) mass is 379 g/mol. The van der Waals surface area contributed by atoms with Gasteiger partial charge in [-0.05, 0) is 12.8 Å². The van der Waals surface area contributed by atoms with Crippen molar-refractivity contribution in [1.29, 1.82) is 0 Å². The van der Waals surface area contributed by atoms with Gasteiger partial charge in [-0.2, -0.15) is 0 Å². The van der Waals surface area contributed by atoms with Crippen molar-refractivity contribution in [1.82, 2.24) is 5.32 Å². The molecule has 0 bridgehead atoms. The third kappa shape index (κ3) is 11.7. The third-order valence-electron chi connectivity index (χ3n) is 3.25. The summed E-state index contributed by atoms with van der Waals surface area (Å²) in [5.41, 5.74) is 0. The summed E-state index contributed by atoms with van der Waals surface area (Å²) in [5, 5.41) is 20.8.